The number of rotatable bonds is 4. The van der Waals surface area contributed by atoms with Crippen molar-refractivity contribution in [2.24, 2.45) is 11.5 Å². The minimum absolute atomic E-state index is 0.314. The second-order valence-corrected chi connectivity index (χ2v) is 7.02. The number of benzene rings is 2. The first kappa shape index (κ1) is 15.9. The van der Waals surface area contributed by atoms with Crippen molar-refractivity contribution in [2.75, 3.05) is 0 Å². The van der Waals surface area contributed by atoms with E-state index in [4.69, 9.17) is 11.5 Å². The highest BCUT2D eigenvalue weighted by Gasteiger charge is 2.19. The molecule has 0 aliphatic carbocycles. The van der Waals surface area contributed by atoms with Crippen molar-refractivity contribution in [1.82, 2.24) is 9.97 Å². The number of hydrogen-bond donors (Lipinski definition) is 2. The van der Waals surface area contributed by atoms with Crippen molar-refractivity contribution >= 4 is 21.4 Å². The number of nitrogens with two attached hydrogens (primary N) is 2. The highest BCUT2D eigenvalue weighted by molar-refractivity contribution is 7.22. The van der Waals surface area contributed by atoms with Crippen molar-refractivity contribution in [3.63, 3.8) is 0 Å². The van der Waals surface area contributed by atoms with Gasteiger partial charge in [0.15, 0.2) is 0 Å². The first-order valence-electron chi connectivity index (χ1n) is 8.09. The van der Waals surface area contributed by atoms with E-state index >= 15 is 0 Å². The van der Waals surface area contributed by atoms with Gasteiger partial charge in [0.2, 0.25) is 0 Å². The van der Waals surface area contributed by atoms with Gasteiger partial charge >= 0.3 is 0 Å². The molecule has 0 bridgehead atoms. The lowest BCUT2D eigenvalue weighted by Crippen LogP contribution is -2.27. The molecule has 4 N–H and O–H groups in total. The van der Waals surface area contributed by atoms with Crippen molar-refractivity contribution < 1.29 is 0 Å². The molecule has 2 unspecified atom stereocenters. The normalized spacial score (nSPS) is 13.7. The van der Waals surface area contributed by atoms with E-state index in [-0.39, 0.29) is 6.04 Å². The quantitative estimate of drug-likeness (QED) is 0.584. The Labute approximate surface area is 150 Å². The zero-order chi connectivity index (χ0) is 17.2. The molecule has 124 valence electrons. The van der Waals surface area contributed by atoms with Gasteiger partial charge in [0, 0.05) is 4.70 Å². The Bertz CT molecular complexity index is 964. The summed E-state index contributed by atoms with van der Waals surface area (Å²) in [5.41, 5.74) is 15.3. The predicted molar refractivity (Wildman–Crippen MR) is 103 cm³/mol. The number of thiophene rings is 1. The number of fused-ring (bicyclic) bond motifs is 1. The molecular weight excluding hydrogens is 328 g/mol. The fraction of sp³-hybridized carbons (Fsp3) is 0.100. The van der Waals surface area contributed by atoms with E-state index in [1.807, 2.05) is 48.5 Å². The summed E-state index contributed by atoms with van der Waals surface area (Å²) in [6, 6.07) is 21.6. The second kappa shape index (κ2) is 6.72. The Kier molecular flexibility index (Phi) is 4.28. The Morgan fingerprint density at radius 1 is 0.800 bits per heavy atom. The number of nitrogens with zero attached hydrogens (tertiary/aromatic N) is 2. The van der Waals surface area contributed by atoms with Crippen molar-refractivity contribution in [2.45, 2.75) is 12.1 Å². The van der Waals surface area contributed by atoms with Crippen LogP contribution in [0, 0.1) is 0 Å². The van der Waals surface area contributed by atoms with E-state index in [0.717, 1.165) is 21.8 Å². The van der Waals surface area contributed by atoms with E-state index in [9.17, 15) is 0 Å². The Balaban J connectivity index is 1.67. The summed E-state index contributed by atoms with van der Waals surface area (Å²) in [6.07, 6.45) is 1.56. The summed E-state index contributed by atoms with van der Waals surface area (Å²) >= 11 is 1.71. The fourth-order valence-corrected chi connectivity index (χ4v) is 3.89. The van der Waals surface area contributed by atoms with E-state index in [2.05, 4.69) is 28.2 Å². The van der Waals surface area contributed by atoms with Crippen molar-refractivity contribution in [1.29, 1.82) is 0 Å². The molecule has 5 heteroatoms. The van der Waals surface area contributed by atoms with E-state index in [1.54, 1.807) is 17.7 Å². The second-order valence-electron chi connectivity index (χ2n) is 5.94. The molecule has 2 aromatic heterocycles. The summed E-state index contributed by atoms with van der Waals surface area (Å²) in [5, 5.41) is 1.22. The SMILES string of the molecule is NC(c1ccccc1)C(N)c1cc(-c2cc3ccccc3s2)ncn1. The molecule has 4 rings (SSSR count). The maximum atomic E-state index is 6.38. The third kappa shape index (κ3) is 3.17. The molecule has 0 saturated heterocycles. The van der Waals surface area contributed by atoms with Gasteiger partial charge in [0.05, 0.1) is 28.3 Å². The standard InChI is InChI=1S/C20H18N4S/c21-19(13-6-2-1-3-7-13)20(22)16-11-15(23-12-24-16)18-10-14-8-4-5-9-17(14)25-18/h1-12,19-20H,21-22H2. The molecule has 0 aliphatic rings. The lowest BCUT2D eigenvalue weighted by Gasteiger charge is -2.20. The summed E-state index contributed by atoms with van der Waals surface area (Å²) in [7, 11) is 0. The van der Waals surface area contributed by atoms with E-state index in [1.165, 1.54) is 10.1 Å². The summed E-state index contributed by atoms with van der Waals surface area (Å²) in [6.45, 7) is 0. The van der Waals surface area contributed by atoms with Gasteiger partial charge in [-0.05, 0) is 29.1 Å². The van der Waals surface area contributed by atoms with Crippen LogP contribution in [0.1, 0.15) is 23.3 Å². The molecule has 25 heavy (non-hydrogen) atoms. The van der Waals surface area contributed by atoms with Crippen LogP contribution in [0.15, 0.2) is 73.1 Å². The van der Waals surface area contributed by atoms with E-state index < -0.39 is 6.04 Å². The lowest BCUT2D eigenvalue weighted by atomic mass is 9.98. The third-order valence-corrected chi connectivity index (χ3v) is 5.42. The topological polar surface area (TPSA) is 77.8 Å². The molecule has 4 aromatic rings. The zero-order valence-corrected chi connectivity index (χ0v) is 14.4. The summed E-state index contributed by atoms with van der Waals surface area (Å²) in [5.74, 6) is 0. The molecule has 0 amide bonds. The monoisotopic (exact) mass is 346 g/mol. The molecule has 0 radical (unpaired) electrons. The van der Waals surface area contributed by atoms with Crippen molar-refractivity contribution in [3.05, 3.63) is 84.3 Å². The molecule has 0 fully saturated rings. The van der Waals surface area contributed by atoms with Crippen LogP contribution >= 0.6 is 11.3 Å². The Hall–Kier alpha value is -2.60. The van der Waals surface area contributed by atoms with Crippen LogP contribution in [-0.4, -0.2) is 9.97 Å². The summed E-state index contributed by atoms with van der Waals surface area (Å²) in [4.78, 5) is 9.88. The van der Waals surface area contributed by atoms with Gasteiger partial charge in [0.1, 0.15) is 6.33 Å². The highest BCUT2D eigenvalue weighted by Crippen LogP contribution is 2.33. The van der Waals surface area contributed by atoms with Gasteiger partial charge in [-0.3, -0.25) is 0 Å². The molecule has 2 aromatic carbocycles. The first-order chi connectivity index (χ1) is 12.2. The Morgan fingerprint density at radius 2 is 1.56 bits per heavy atom. The van der Waals surface area contributed by atoms with Crippen molar-refractivity contribution in [3.8, 4) is 10.6 Å². The molecule has 4 nitrogen and oxygen atoms in total. The average molecular weight is 346 g/mol. The summed E-state index contributed by atoms with van der Waals surface area (Å²) < 4.78 is 1.24. The lowest BCUT2D eigenvalue weighted by molar-refractivity contribution is 0.560. The van der Waals surface area contributed by atoms with Crippen LogP contribution in [0.5, 0.6) is 0 Å². The molecule has 0 saturated carbocycles. The molecule has 0 spiro atoms. The fourth-order valence-electron chi connectivity index (χ4n) is 2.86. The highest BCUT2D eigenvalue weighted by atomic mass is 32.1. The largest absolute Gasteiger partial charge is 0.322 e. The predicted octanol–water partition coefficient (Wildman–Crippen LogP) is 4.06. The van der Waals surface area contributed by atoms with Gasteiger partial charge in [-0.2, -0.15) is 0 Å². The van der Waals surface area contributed by atoms with Gasteiger partial charge in [-0.1, -0.05) is 48.5 Å². The van der Waals surface area contributed by atoms with Crippen LogP contribution in [0.4, 0.5) is 0 Å². The first-order valence-corrected chi connectivity index (χ1v) is 8.91. The van der Waals surface area contributed by atoms with Gasteiger partial charge in [-0.15, -0.1) is 11.3 Å². The van der Waals surface area contributed by atoms with E-state index in [0.29, 0.717) is 0 Å². The van der Waals surface area contributed by atoms with Crippen LogP contribution in [0.3, 0.4) is 0 Å². The van der Waals surface area contributed by atoms with Crippen LogP contribution < -0.4 is 11.5 Å². The Morgan fingerprint density at radius 3 is 2.36 bits per heavy atom. The zero-order valence-electron chi connectivity index (χ0n) is 13.5. The third-order valence-electron chi connectivity index (χ3n) is 4.28. The average Bonchev–Trinajstić information content (AvgIpc) is 3.12. The molecule has 0 aliphatic heterocycles. The number of aromatic nitrogens is 2. The molecular formula is C20H18N4S. The minimum Gasteiger partial charge on any atom is -0.322 e. The van der Waals surface area contributed by atoms with Gasteiger partial charge in [-0.25, -0.2) is 9.97 Å². The van der Waals surface area contributed by atoms with Crippen LogP contribution in [0.25, 0.3) is 20.7 Å². The smallest absolute Gasteiger partial charge is 0.116 e. The maximum absolute atomic E-state index is 6.38. The molecule has 2 atom stereocenters. The van der Waals surface area contributed by atoms with Gasteiger partial charge < -0.3 is 11.5 Å². The minimum atomic E-state index is -0.390. The maximum Gasteiger partial charge on any atom is 0.116 e. The van der Waals surface area contributed by atoms with Gasteiger partial charge in [0.25, 0.3) is 0 Å². The number of hydrogen-bond acceptors (Lipinski definition) is 5. The van der Waals surface area contributed by atoms with Crippen LogP contribution in [0.2, 0.25) is 0 Å². The molecule has 2 heterocycles. The van der Waals surface area contributed by atoms with Crippen LogP contribution in [-0.2, 0) is 0 Å².